The average Bonchev–Trinajstić information content (AvgIpc) is 2.97. The monoisotopic (exact) mass is 642 g/mol. The van der Waals surface area contributed by atoms with Crippen LogP contribution in [0.15, 0.2) is 58.9 Å². The molecule has 0 bridgehead atoms. The summed E-state index contributed by atoms with van der Waals surface area (Å²) in [5.41, 5.74) is -1.23. The molecule has 14 heteroatoms. The van der Waals surface area contributed by atoms with Crippen LogP contribution in [-0.4, -0.2) is 70.7 Å². The molecule has 0 saturated carbocycles. The quantitative estimate of drug-likeness (QED) is 0.282. The summed E-state index contributed by atoms with van der Waals surface area (Å²) in [5, 5.41) is -0.286. The smallest absolute Gasteiger partial charge is 0.350 e. The van der Waals surface area contributed by atoms with Gasteiger partial charge < -0.3 is 9.80 Å². The second kappa shape index (κ2) is 11.7. The number of carbonyl (C=O) groups is 1. The number of rotatable bonds is 6. The third-order valence-corrected chi connectivity index (χ3v) is 8.99. The molecule has 1 saturated heterocycles. The van der Waals surface area contributed by atoms with Crippen molar-refractivity contribution >= 4 is 44.2 Å². The Labute approximate surface area is 257 Å². The molecule has 1 aromatic carbocycles. The van der Waals surface area contributed by atoms with E-state index in [4.69, 9.17) is 11.6 Å². The zero-order valence-electron chi connectivity index (χ0n) is 24.4. The highest BCUT2D eigenvalue weighted by atomic mass is 35.5. The molecule has 1 atom stereocenters. The SMILES string of the molecule is C=CC(=O)N1CCN(c2nc(=O)n(-c3c(S(C)(=O)=O)ccnc3C(C)C)c3nc(-c4cccc(F)c4Cl)c(F)cc23)[C@@H](C)C1. The highest BCUT2D eigenvalue weighted by Crippen LogP contribution is 2.36. The summed E-state index contributed by atoms with van der Waals surface area (Å²) < 4.78 is 57.4. The molecule has 4 heterocycles. The first-order valence-corrected chi connectivity index (χ1v) is 16.0. The van der Waals surface area contributed by atoms with Crippen LogP contribution in [0.2, 0.25) is 5.02 Å². The molecular formula is C30H29ClF2N6O4S. The maximum atomic E-state index is 15.9. The Morgan fingerprint density at radius 1 is 1.16 bits per heavy atom. The maximum absolute atomic E-state index is 15.9. The first kappa shape index (κ1) is 31.2. The summed E-state index contributed by atoms with van der Waals surface area (Å²) in [6, 6.07) is 5.89. The standard InChI is InChI=1S/C30H29ClF2N6O4S/c1-6-23(40)37-12-13-38(17(4)15-37)28-19-14-21(33)26(18-8-7-9-20(32)24(18)31)35-29(19)39(30(41)36-28)27-22(44(5,42)43)10-11-34-25(27)16(2)3/h6-11,14,16-17H,1,12-13,15H2,2-5H3/t17-/m0/s1. The lowest BCUT2D eigenvalue weighted by Gasteiger charge is -2.40. The number of fused-ring (bicyclic) bond motifs is 1. The van der Waals surface area contributed by atoms with Crippen LogP contribution in [-0.2, 0) is 14.6 Å². The maximum Gasteiger partial charge on any atom is 0.355 e. The molecule has 0 N–H and O–H groups in total. The molecule has 4 aromatic rings. The minimum Gasteiger partial charge on any atom is -0.350 e. The molecule has 1 aliphatic heterocycles. The van der Waals surface area contributed by atoms with Crippen LogP contribution in [0.3, 0.4) is 0 Å². The van der Waals surface area contributed by atoms with Gasteiger partial charge in [0, 0.05) is 43.7 Å². The lowest BCUT2D eigenvalue weighted by molar-refractivity contribution is -0.126. The zero-order chi connectivity index (χ0) is 32.1. The molecule has 44 heavy (non-hydrogen) atoms. The van der Waals surface area contributed by atoms with E-state index in [0.29, 0.717) is 0 Å². The van der Waals surface area contributed by atoms with Gasteiger partial charge in [0.25, 0.3) is 0 Å². The average molecular weight is 643 g/mol. The van der Waals surface area contributed by atoms with E-state index in [1.165, 1.54) is 30.5 Å². The number of nitrogens with zero attached hydrogens (tertiary/aromatic N) is 6. The van der Waals surface area contributed by atoms with Crippen LogP contribution in [0.25, 0.3) is 28.0 Å². The van der Waals surface area contributed by atoms with Crippen molar-refractivity contribution in [2.75, 3.05) is 30.8 Å². The van der Waals surface area contributed by atoms with Gasteiger partial charge in [0.2, 0.25) is 5.91 Å². The fraction of sp³-hybridized carbons (Fsp3) is 0.300. The minimum atomic E-state index is -3.92. The van der Waals surface area contributed by atoms with E-state index < -0.39 is 27.2 Å². The van der Waals surface area contributed by atoms with E-state index in [2.05, 4.69) is 21.5 Å². The number of aromatic nitrogens is 4. The normalized spacial score (nSPS) is 15.7. The predicted octanol–water partition coefficient (Wildman–Crippen LogP) is 4.52. The van der Waals surface area contributed by atoms with Crippen molar-refractivity contribution in [1.82, 2.24) is 24.4 Å². The van der Waals surface area contributed by atoms with E-state index >= 15 is 4.39 Å². The second-order valence-electron chi connectivity index (χ2n) is 10.8. The predicted molar refractivity (Wildman–Crippen MR) is 164 cm³/mol. The van der Waals surface area contributed by atoms with Crippen molar-refractivity contribution in [3.05, 3.63) is 82.0 Å². The number of anilines is 1. The van der Waals surface area contributed by atoms with Crippen molar-refractivity contribution < 1.29 is 22.0 Å². The highest BCUT2D eigenvalue weighted by molar-refractivity contribution is 7.90. The molecule has 1 aliphatic rings. The van der Waals surface area contributed by atoms with E-state index in [1.54, 1.807) is 23.6 Å². The molecule has 0 unspecified atom stereocenters. The number of hydrogen-bond acceptors (Lipinski definition) is 8. The van der Waals surface area contributed by atoms with Crippen LogP contribution < -0.4 is 10.6 Å². The largest absolute Gasteiger partial charge is 0.355 e. The summed E-state index contributed by atoms with van der Waals surface area (Å²) in [5.74, 6) is -2.17. The molecule has 0 spiro atoms. The van der Waals surface area contributed by atoms with Gasteiger partial charge >= 0.3 is 5.69 Å². The zero-order valence-corrected chi connectivity index (χ0v) is 26.0. The topological polar surface area (TPSA) is 118 Å². The van der Waals surface area contributed by atoms with Gasteiger partial charge in [-0.15, -0.1) is 0 Å². The highest BCUT2D eigenvalue weighted by Gasteiger charge is 2.32. The van der Waals surface area contributed by atoms with Gasteiger partial charge in [0.15, 0.2) is 15.5 Å². The Kier molecular flexibility index (Phi) is 8.29. The number of amides is 1. The molecule has 0 aliphatic carbocycles. The summed E-state index contributed by atoms with van der Waals surface area (Å²) in [6.45, 7) is 9.74. The van der Waals surface area contributed by atoms with E-state index in [-0.39, 0.29) is 86.9 Å². The number of piperazine rings is 1. The van der Waals surface area contributed by atoms with E-state index in [1.807, 2.05) is 6.92 Å². The van der Waals surface area contributed by atoms with Crippen molar-refractivity contribution in [2.45, 2.75) is 37.6 Å². The summed E-state index contributed by atoms with van der Waals surface area (Å²) in [6.07, 6.45) is 3.55. The Hall–Kier alpha value is -4.23. The Morgan fingerprint density at radius 2 is 1.89 bits per heavy atom. The Morgan fingerprint density at radius 3 is 2.52 bits per heavy atom. The molecule has 5 rings (SSSR count). The number of carbonyl (C=O) groups excluding carboxylic acids is 1. The van der Waals surface area contributed by atoms with Gasteiger partial charge in [0.1, 0.15) is 23.1 Å². The van der Waals surface area contributed by atoms with Crippen molar-refractivity contribution in [2.24, 2.45) is 0 Å². The number of sulfone groups is 1. The lowest BCUT2D eigenvalue weighted by atomic mass is 10.1. The van der Waals surface area contributed by atoms with Crippen LogP contribution in [0.1, 0.15) is 32.4 Å². The summed E-state index contributed by atoms with van der Waals surface area (Å²) in [7, 11) is -3.92. The Bertz CT molecular complexity index is 2000. The number of halogens is 3. The number of benzene rings is 1. The molecule has 3 aromatic heterocycles. The van der Waals surface area contributed by atoms with Gasteiger partial charge in [-0.1, -0.05) is 44.2 Å². The van der Waals surface area contributed by atoms with Gasteiger partial charge in [-0.3, -0.25) is 9.78 Å². The first-order valence-electron chi connectivity index (χ1n) is 13.7. The second-order valence-corrected chi connectivity index (χ2v) is 13.2. The van der Waals surface area contributed by atoms with Crippen LogP contribution in [0.4, 0.5) is 14.6 Å². The Balaban J connectivity index is 1.89. The minimum absolute atomic E-state index is 0.0630. The van der Waals surface area contributed by atoms with Gasteiger partial charge in [-0.05, 0) is 37.1 Å². The summed E-state index contributed by atoms with van der Waals surface area (Å²) >= 11 is 6.21. The molecular weight excluding hydrogens is 614 g/mol. The number of hydrogen-bond donors (Lipinski definition) is 0. The van der Waals surface area contributed by atoms with Crippen molar-refractivity contribution in [3.8, 4) is 16.9 Å². The third kappa shape index (κ3) is 5.45. The van der Waals surface area contributed by atoms with Gasteiger partial charge in [-0.2, -0.15) is 4.98 Å². The molecule has 0 radical (unpaired) electrons. The van der Waals surface area contributed by atoms with E-state index in [9.17, 15) is 22.4 Å². The van der Waals surface area contributed by atoms with Crippen LogP contribution in [0.5, 0.6) is 0 Å². The molecule has 1 fully saturated rings. The van der Waals surface area contributed by atoms with Crippen LogP contribution in [0, 0.1) is 11.6 Å². The fourth-order valence-corrected chi connectivity index (χ4v) is 6.47. The molecule has 1 amide bonds. The van der Waals surface area contributed by atoms with Crippen LogP contribution >= 0.6 is 11.6 Å². The fourth-order valence-electron chi connectivity index (χ4n) is 5.40. The third-order valence-electron chi connectivity index (χ3n) is 7.48. The van der Waals surface area contributed by atoms with Gasteiger partial charge in [0.05, 0.1) is 26.7 Å². The van der Waals surface area contributed by atoms with Crippen molar-refractivity contribution in [1.29, 1.82) is 0 Å². The van der Waals surface area contributed by atoms with Gasteiger partial charge in [-0.25, -0.2) is 31.5 Å². The first-order chi connectivity index (χ1) is 20.7. The van der Waals surface area contributed by atoms with Crippen molar-refractivity contribution in [3.63, 3.8) is 0 Å². The molecule has 230 valence electrons. The number of pyridine rings is 2. The molecule has 10 nitrogen and oxygen atoms in total. The van der Waals surface area contributed by atoms with E-state index in [0.717, 1.165) is 23.0 Å². The lowest BCUT2D eigenvalue weighted by Crippen LogP contribution is -2.54. The summed E-state index contributed by atoms with van der Waals surface area (Å²) in [4.78, 5) is 42.7.